The van der Waals surface area contributed by atoms with Gasteiger partial charge >= 0.3 is 5.97 Å². The molecule has 0 saturated carbocycles. The average molecular weight is 262 g/mol. The van der Waals surface area contributed by atoms with Gasteiger partial charge in [-0.15, -0.1) is 11.3 Å². The van der Waals surface area contributed by atoms with Crippen molar-refractivity contribution in [2.75, 3.05) is 0 Å². The lowest BCUT2D eigenvalue weighted by Crippen LogP contribution is -1.96. The molecule has 0 saturated heterocycles. The minimum atomic E-state index is -1.17. The zero-order chi connectivity index (χ0) is 13.3. The quantitative estimate of drug-likeness (QED) is 0.834. The minimum absolute atomic E-state index is 0.0161. The molecule has 1 aromatic carbocycles. The summed E-state index contributed by atoms with van der Waals surface area (Å²) in [5.41, 5.74) is 0.553. The second-order valence-electron chi connectivity index (χ2n) is 3.76. The average Bonchev–Trinajstić information content (AvgIpc) is 2.77. The highest BCUT2D eigenvalue weighted by Crippen LogP contribution is 2.31. The summed E-state index contributed by atoms with van der Waals surface area (Å²) in [5.74, 6) is -1.47. The van der Waals surface area contributed by atoms with Gasteiger partial charge in [0.25, 0.3) is 0 Å². The van der Waals surface area contributed by atoms with E-state index < -0.39 is 5.97 Å². The number of thiophene rings is 1. The van der Waals surface area contributed by atoms with Crippen LogP contribution in [0.2, 0.25) is 0 Å². The molecule has 0 unspecified atom stereocenters. The molecule has 0 atom stereocenters. The monoisotopic (exact) mass is 262 g/mol. The summed E-state index contributed by atoms with van der Waals surface area (Å²) in [5, 5.41) is 18.4. The summed E-state index contributed by atoms with van der Waals surface area (Å²) in [6.07, 6.45) is 0. The Morgan fingerprint density at radius 3 is 2.39 bits per heavy atom. The van der Waals surface area contributed by atoms with Crippen LogP contribution >= 0.6 is 11.3 Å². The number of aromatic carboxylic acids is 1. The summed E-state index contributed by atoms with van der Waals surface area (Å²) in [7, 11) is 0. The van der Waals surface area contributed by atoms with E-state index in [1.807, 2.05) is 0 Å². The molecule has 18 heavy (non-hydrogen) atoms. The maximum atomic E-state index is 11.2. The van der Waals surface area contributed by atoms with Gasteiger partial charge in [0.2, 0.25) is 0 Å². The van der Waals surface area contributed by atoms with Gasteiger partial charge in [-0.05, 0) is 36.8 Å². The second kappa shape index (κ2) is 4.62. The molecule has 5 heteroatoms. The first-order valence-corrected chi connectivity index (χ1v) is 5.98. The number of carbonyl (C=O) groups is 2. The number of carboxylic acid groups (broad SMARTS) is 1. The van der Waals surface area contributed by atoms with Gasteiger partial charge in [-0.25, -0.2) is 4.79 Å². The lowest BCUT2D eigenvalue weighted by molar-refractivity contribution is 0.0693. The second-order valence-corrected chi connectivity index (χ2v) is 4.84. The van der Waals surface area contributed by atoms with Crippen LogP contribution in [0.4, 0.5) is 0 Å². The molecule has 0 radical (unpaired) electrons. The van der Waals surface area contributed by atoms with E-state index in [2.05, 4.69) is 0 Å². The molecule has 1 heterocycles. The van der Waals surface area contributed by atoms with Crippen molar-refractivity contribution < 1.29 is 19.8 Å². The third kappa shape index (κ3) is 2.26. The van der Waals surface area contributed by atoms with Crippen molar-refractivity contribution in [3.63, 3.8) is 0 Å². The topological polar surface area (TPSA) is 74.6 Å². The van der Waals surface area contributed by atoms with Crippen molar-refractivity contribution in [1.82, 2.24) is 0 Å². The van der Waals surface area contributed by atoms with Crippen LogP contribution in [-0.2, 0) is 0 Å². The molecule has 0 fully saturated rings. The van der Waals surface area contributed by atoms with E-state index in [0.717, 1.165) is 4.88 Å². The van der Waals surface area contributed by atoms with Gasteiger partial charge < -0.3 is 10.2 Å². The highest BCUT2D eigenvalue weighted by Gasteiger charge is 2.12. The van der Waals surface area contributed by atoms with Crippen molar-refractivity contribution in [2.45, 2.75) is 6.92 Å². The lowest BCUT2D eigenvalue weighted by atomic mass is 10.1. The van der Waals surface area contributed by atoms with Gasteiger partial charge in [0.15, 0.2) is 5.78 Å². The van der Waals surface area contributed by atoms with E-state index in [-0.39, 0.29) is 17.1 Å². The van der Waals surface area contributed by atoms with Crippen LogP contribution in [0, 0.1) is 0 Å². The highest BCUT2D eigenvalue weighted by molar-refractivity contribution is 7.17. The van der Waals surface area contributed by atoms with E-state index >= 15 is 0 Å². The fraction of sp³-hybridized carbons (Fsp3) is 0.0769. The molecule has 0 amide bonds. The first kappa shape index (κ1) is 12.3. The number of Topliss-reactive ketones (excluding diaryl/α,β-unsaturated/α-hetero) is 1. The summed E-state index contributed by atoms with van der Waals surface area (Å²) in [4.78, 5) is 23.4. The third-order valence-corrected chi connectivity index (χ3v) is 3.70. The van der Waals surface area contributed by atoms with Crippen molar-refractivity contribution >= 4 is 23.1 Å². The number of ketones is 1. The maximum Gasteiger partial charge on any atom is 0.339 e. The van der Waals surface area contributed by atoms with Crippen LogP contribution < -0.4 is 0 Å². The summed E-state index contributed by atoms with van der Waals surface area (Å²) >= 11 is 1.31. The Bertz CT molecular complexity index is 628. The Morgan fingerprint density at radius 2 is 1.89 bits per heavy atom. The van der Waals surface area contributed by atoms with Gasteiger partial charge in [0, 0.05) is 4.88 Å². The Hall–Kier alpha value is -2.14. The normalized spacial score (nSPS) is 10.3. The van der Waals surface area contributed by atoms with Crippen LogP contribution in [0.25, 0.3) is 10.4 Å². The summed E-state index contributed by atoms with van der Waals surface area (Å²) in [6.45, 7) is 1.49. The van der Waals surface area contributed by atoms with Crippen LogP contribution in [0.3, 0.4) is 0 Å². The number of carboxylic acids is 1. The van der Waals surface area contributed by atoms with Gasteiger partial charge in [-0.3, -0.25) is 4.79 Å². The molecule has 0 bridgehead atoms. The fourth-order valence-electron chi connectivity index (χ4n) is 1.55. The Morgan fingerprint density at radius 1 is 1.17 bits per heavy atom. The largest absolute Gasteiger partial charge is 0.507 e. The Labute approximate surface area is 107 Å². The fourth-order valence-corrected chi connectivity index (χ4v) is 2.45. The van der Waals surface area contributed by atoms with Gasteiger partial charge in [-0.2, -0.15) is 0 Å². The first-order valence-electron chi connectivity index (χ1n) is 5.16. The smallest absolute Gasteiger partial charge is 0.339 e. The molecule has 2 rings (SSSR count). The molecule has 0 aliphatic carbocycles. The third-order valence-electron chi connectivity index (χ3n) is 2.47. The maximum absolute atomic E-state index is 11.2. The molecule has 92 valence electrons. The van der Waals surface area contributed by atoms with E-state index in [1.165, 1.54) is 30.4 Å². The number of hydrogen-bond acceptors (Lipinski definition) is 4. The molecule has 2 aromatic rings. The molecular weight excluding hydrogens is 252 g/mol. The molecule has 0 aliphatic rings. The summed E-state index contributed by atoms with van der Waals surface area (Å²) in [6, 6.07) is 7.83. The number of benzene rings is 1. The lowest BCUT2D eigenvalue weighted by Gasteiger charge is -2.02. The van der Waals surface area contributed by atoms with Gasteiger partial charge in [0.1, 0.15) is 11.3 Å². The zero-order valence-corrected chi connectivity index (χ0v) is 10.3. The van der Waals surface area contributed by atoms with Crippen LogP contribution in [-0.4, -0.2) is 22.0 Å². The van der Waals surface area contributed by atoms with Crippen molar-refractivity contribution in [3.8, 4) is 16.2 Å². The molecule has 1 aromatic heterocycles. The predicted octanol–water partition coefficient (Wildman–Crippen LogP) is 3.02. The van der Waals surface area contributed by atoms with Crippen LogP contribution in [0.15, 0.2) is 30.3 Å². The molecule has 2 N–H and O–H groups in total. The molecular formula is C13H10O4S. The van der Waals surface area contributed by atoms with Gasteiger partial charge in [0.05, 0.1) is 4.88 Å². The first-order chi connectivity index (χ1) is 8.49. The number of carbonyl (C=O) groups excluding carboxylic acids is 1. The van der Waals surface area contributed by atoms with E-state index in [0.29, 0.717) is 10.4 Å². The molecule has 0 aliphatic heterocycles. The molecule has 4 nitrogen and oxygen atoms in total. The van der Waals surface area contributed by atoms with Crippen LogP contribution in [0.5, 0.6) is 5.75 Å². The standard InChI is InChI=1S/C13H10O4S/c1-7(14)11-4-5-12(18-11)8-2-3-9(13(16)17)10(15)6-8/h2-6,15H,1H3,(H,16,17). The van der Waals surface area contributed by atoms with E-state index in [4.69, 9.17) is 5.11 Å². The number of phenols is 1. The predicted molar refractivity (Wildman–Crippen MR) is 68.4 cm³/mol. The van der Waals surface area contributed by atoms with E-state index in [1.54, 1.807) is 18.2 Å². The number of aromatic hydroxyl groups is 1. The van der Waals surface area contributed by atoms with Gasteiger partial charge in [-0.1, -0.05) is 6.07 Å². The Kier molecular flexibility index (Phi) is 3.16. The van der Waals surface area contributed by atoms with Crippen molar-refractivity contribution in [3.05, 3.63) is 40.8 Å². The van der Waals surface area contributed by atoms with Crippen molar-refractivity contribution in [2.24, 2.45) is 0 Å². The highest BCUT2D eigenvalue weighted by atomic mass is 32.1. The number of rotatable bonds is 3. The summed E-state index contributed by atoms with van der Waals surface area (Å²) < 4.78 is 0. The number of hydrogen-bond donors (Lipinski definition) is 2. The SMILES string of the molecule is CC(=O)c1ccc(-c2ccc(C(=O)O)c(O)c2)s1. The van der Waals surface area contributed by atoms with E-state index in [9.17, 15) is 14.7 Å². The minimum Gasteiger partial charge on any atom is -0.507 e. The Balaban J connectivity index is 2.42. The van der Waals surface area contributed by atoms with Crippen LogP contribution in [0.1, 0.15) is 27.0 Å². The zero-order valence-electron chi connectivity index (χ0n) is 9.51. The van der Waals surface area contributed by atoms with Crippen molar-refractivity contribution in [1.29, 1.82) is 0 Å². The molecule has 0 spiro atoms.